The van der Waals surface area contributed by atoms with Gasteiger partial charge in [0.2, 0.25) is 0 Å². The van der Waals surface area contributed by atoms with Crippen LogP contribution in [0.5, 0.6) is 0 Å². The third-order valence-electron chi connectivity index (χ3n) is 4.64. The van der Waals surface area contributed by atoms with Gasteiger partial charge < -0.3 is 5.32 Å². The molecule has 0 aliphatic heterocycles. The Morgan fingerprint density at radius 2 is 1.75 bits per heavy atom. The van der Waals surface area contributed by atoms with Crippen LogP contribution >= 0.6 is 0 Å². The van der Waals surface area contributed by atoms with Gasteiger partial charge in [-0.25, -0.2) is 4.39 Å². The monoisotopic (exact) mass is 406 g/mol. The smallest absolute Gasteiger partial charge is 0.349 e. The molecule has 1 fully saturated rings. The molecule has 3 nitrogen and oxygen atoms in total. The maximum Gasteiger partial charge on any atom is 0.434 e. The first kappa shape index (κ1) is 20.1. The number of aromatic nitrogens is 1. The van der Waals surface area contributed by atoms with Crippen molar-refractivity contribution in [1.82, 2.24) is 10.3 Å². The molecule has 150 valence electrons. The van der Waals surface area contributed by atoms with E-state index in [-0.39, 0.29) is 5.56 Å². The van der Waals surface area contributed by atoms with E-state index in [4.69, 9.17) is 0 Å². The van der Waals surface area contributed by atoms with Crippen LogP contribution in [-0.4, -0.2) is 16.9 Å². The molecule has 28 heavy (non-hydrogen) atoms. The van der Waals surface area contributed by atoms with Gasteiger partial charge in [-0.3, -0.25) is 9.78 Å². The van der Waals surface area contributed by atoms with Gasteiger partial charge in [-0.2, -0.15) is 26.3 Å². The second-order valence-electron chi connectivity index (χ2n) is 6.40. The van der Waals surface area contributed by atoms with E-state index in [1.807, 2.05) is 0 Å². The fourth-order valence-electron chi connectivity index (χ4n) is 3.11. The van der Waals surface area contributed by atoms with Crippen molar-refractivity contribution < 1.29 is 35.5 Å². The number of carbonyl (C=O) groups is 1. The molecule has 1 aliphatic carbocycles. The second-order valence-corrected chi connectivity index (χ2v) is 6.40. The summed E-state index contributed by atoms with van der Waals surface area (Å²) in [5, 5.41) is 2.40. The van der Waals surface area contributed by atoms with E-state index >= 15 is 0 Å². The van der Waals surface area contributed by atoms with Crippen LogP contribution < -0.4 is 5.32 Å². The van der Waals surface area contributed by atoms with E-state index in [0.717, 1.165) is 24.4 Å². The van der Waals surface area contributed by atoms with Crippen molar-refractivity contribution in [2.45, 2.75) is 37.2 Å². The van der Waals surface area contributed by atoms with Crippen molar-refractivity contribution in [2.75, 3.05) is 0 Å². The van der Waals surface area contributed by atoms with Crippen molar-refractivity contribution in [3.8, 4) is 0 Å². The van der Waals surface area contributed by atoms with E-state index in [9.17, 15) is 35.5 Å². The van der Waals surface area contributed by atoms with Gasteiger partial charge in [0.25, 0.3) is 5.91 Å². The Hall–Kier alpha value is -2.65. The number of carbonyl (C=O) groups excluding carboxylic acids is 1. The third kappa shape index (κ3) is 3.95. The van der Waals surface area contributed by atoms with Crippen LogP contribution in [0.2, 0.25) is 0 Å². The van der Waals surface area contributed by atoms with Gasteiger partial charge in [0, 0.05) is 18.2 Å². The standard InChI is InChI=1S/C18H13F7N2O/c19-13-8-9(17(20,21)22)3-4-10(13)11-5-6-14(11)27-16(28)12-2-1-7-26-15(12)18(23,24)25/h1-4,7-8,11,14H,5-6H2,(H,27,28)/t11-,14-/m1/s1. The highest BCUT2D eigenvalue weighted by atomic mass is 19.4. The van der Waals surface area contributed by atoms with Gasteiger partial charge in [-0.1, -0.05) is 6.07 Å². The average molecular weight is 406 g/mol. The number of hydrogen-bond acceptors (Lipinski definition) is 2. The van der Waals surface area contributed by atoms with Gasteiger partial charge in [0.1, 0.15) is 5.82 Å². The van der Waals surface area contributed by atoms with Crippen LogP contribution in [0, 0.1) is 5.82 Å². The second kappa shape index (κ2) is 7.06. The SMILES string of the molecule is O=C(N[C@@H]1CC[C@@H]1c1ccc(C(F)(F)F)cc1F)c1cccnc1C(F)(F)F. The van der Waals surface area contributed by atoms with Crippen molar-refractivity contribution in [1.29, 1.82) is 0 Å². The van der Waals surface area contributed by atoms with Crippen molar-refractivity contribution in [3.05, 3.63) is 64.7 Å². The zero-order valence-corrected chi connectivity index (χ0v) is 14.0. The summed E-state index contributed by atoms with van der Waals surface area (Å²) in [7, 11) is 0. The molecule has 0 unspecified atom stereocenters. The molecule has 1 saturated carbocycles. The maximum absolute atomic E-state index is 14.1. The van der Waals surface area contributed by atoms with Crippen LogP contribution in [0.25, 0.3) is 0 Å². The quantitative estimate of drug-likeness (QED) is 0.735. The molecule has 1 aliphatic rings. The molecule has 10 heteroatoms. The molecule has 1 amide bonds. The largest absolute Gasteiger partial charge is 0.434 e. The average Bonchev–Trinajstić information content (AvgIpc) is 2.58. The molecular formula is C18H13F7N2O. The number of benzene rings is 1. The number of hydrogen-bond donors (Lipinski definition) is 1. The number of pyridine rings is 1. The molecule has 0 radical (unpaired) electrons. The number of nitrogens with one attached hydrogen (secondary N) is 1. The molecule has 2 atom stereocenters. The molecule has 1 heterocycles. The Kier molecular flexibility index (Phi) is 5.07. The van der Waals surface area contributed by atoms with Gasteiger partial charge >= 0.3 is 12.4 Å². The summed E-state index contributed by atoms with van der Waals surface area (Å²) in [5.74, 6) is -2.73. The van der Waals surface area contributed by atoms with E-state index in [1.54, 1.807) is 0 Å². The predicted octanol–water partition coefficient (Wildman–Crippen LogP) is 4.93. The maximum atomic E-state index is 14.1. The number of amides is 1. The van der Waals surface area contributed by atoms with Gasteiger partial charge in [-0.05, 0) is 42.7 Å². The van der Waals surface area contributed by atoms with Crippen LogP contribution in [0.3, 0.4) is 0 Å². The molecule has 0 saturated heterocycles. The normalized spacial score (nSPS) is 19.8. The Balaban J connectivity index is 1.78. The van der Waals surface area contributed by atoms with Crippen molar-refractivity contribution in [3.63, 3.8) is 0 Å². The molecule has 1 N–H and O–H groups in total. The summed E-state index contributed by atoms with van der Waals surface area (Å²) in [6.07, 6.45) is -7.87. The first-order valence-corrected chi connectivity index (χ1v) is 8.18. The zero-order chi connectivity index (χ0) is 20.7. The molecule has 3 rings (SSSR count). The third-order valence-corrected chi connectivity index (χ3v) is 4.64. The number of rotatable bonds is 3. The fraction of sp³-hybridized carbons (Fsp3) is 0.333. The Bertz CT molecular complexity index is 892. The molecule has 1 aromatic heterocycles. The summed E-state index contributed by atoms with van der Waals surface area (Å²) < 4.78 is 91.0. The van der Waals surface area contributed by atoms with E-state index < -0.39 is 52.9 Å². The van der Waals surface area contributed by atoms with Crippen molar-refractivity contribution >= 4 is 5.91 Å². The summed E-state index contributed by atoms with van der Waals surface area (Å²) in [6, 6.07) is 3.55. The summed E-state index contributed by atoms with van der Waals surface area (Å²) in [4.78, 5) is 15.5. The van der Waals surface area contributed by atoms with Gasteiger partial charge in [0.15, 0.2) is 5.69 Å². The van der Waals surface area contributed by atoms with Crippen LogP contribution in [0.15, 0.2) is 36.5 Å². The Labute approximate surface area is 154 Å². The minimum Gasteiger partial charge on any atom is -0.349 e. The van der Waals surface area contributed by atoms with E-state index in [2.05, 4.69) is 10.3 Å². The van der Waals surface area contributed by atoms with Crippen LogP contribution in [0.4, 0.5) is 30.7 Å². The topological polar surface area (TPSA) is 42.0 Å². The Morgan fingerprint density at radius 3 is 2.29 bits per heavy atom. The highest BCUT2D eigenvalue weighted by molar-refractivity contribution is 5.95. The van der Waals surface area contributed by atoms with Crippen LogP contribution in [-0.2, 0) is 12.4 Å². The lowest BCUT2D eigenvalue weighted by Gasteiger charge is -2.38. The lowest BCUT2D eigenvalue weighted by Crippen LogP contribution is -2.46. The highest BCUT2D eigenvalue weighted by Gasteiger charge is 2.40. The van der Waals surface area contributed by atoms with Gasteiger partial charge in [0.05, 0.1) is 11.1 Å². The minimum absolute atomic E-state index is 0.0215. The highest BCUT2D eigenvalue weighted by Crippen LogP contribution is 2.40. The van der Waals surface area contributed by atoms with Crippen molar-refractivity contribution in [2.24, 2.45) is 0 Å². The molecule has 0 bridgehead atoms. The molecular weight excluding hydrogens is 393 g/mol. The number of halogens is 7. The molecule has 2 aromatic rings. The predicted molar refractivity (Wildman–Crippen MR) is 83.9 cm³/mol. The molecule has 1 aromatic carbocycles. The first-order valence-electron chi connectivity index (χ1n) is 8.18. The summed E-state index contributed by atoms with van der Waals surface area (Å²) in [6.45, 7) is 0. The first-order chi connectivity index (χ1) is 13.0. The van der Waals surface area contributed by atoms with Gasteiger partial charge in [-0.15, -0.1) is 0 Å². The summed E-state index contributed by atoms with van der Waals surface area (Å²) >= 11 is 0. The fourth-order valence-corrected chi connectivity index (χ4v) is 3.11. The zero-order valence-electron chi connectivity index (χ0n) is 14.0. The van der Waals surface area contributed by atoms with E-state index in [1.165, 1.54) is 6.07 Å². The lowest BCUT2D eigenvalue weighted by atomic mass is 9.74. The molecule has 0 spiro atoms. The minimum atomic E-state index is -4.83. The Morgan fingerprint density at radius 1 is 1.04 bits per heavy atom. The number of alkyl halides is 6. The number of nitrogens with zero attached hydrogens (tertiary/aromatic N) is 1. The summed E-state index contributed by atoms with van der Waals surface area (Å²) in [5.41, 5.74) is -3.18. The van der Waals surface area contributed by atoms with E-state index in [0.29, 0.717) is 18.9 Å². The van der Waals surface area contributed by atoms with Crippen LogP contribution in [0.1, 0.15) is 45.9 Å². The lowest BCUT2D eigenvalue weighted by molar-refractivity contribution is -0.141.